The van der Waals surface area contributed by atoms with E-state index in [1.807, 2.05) is 97.1 Å². The van der Waals surface area contributed by atoms with Gasteiger partial charge in [0.25, 0.3) is 0 Å². The Hall–Kier alpha value is -3.63. The molecule has 0 radical (unpaired) electrons. The first-order valence-corrected chi connectivity index (χ1v) is 13.0. The smallest absolute Gasteiger partial charge is 0.468 e. The molecule has 10 heteroatoms. The van der Waals surface area contributed by atoms with Crippen molar-refractivity contribution in [1.29, 1.82) is 0 Å². The van der Waals surface area contributed by atoms with Crippen LogP contribution in [0.15, 0.2) is 97.1 Å². The minimum Gasteiger partial charge on any atom is -0.468 e. The Kier molecular flexibility index (Phi) is 9.87. The molecule has 0 spiro atoms. The van der Waals surface area contributed by atoms with Crippen molar-refractivity contribution in [2.45, 2.75) is 26.4 Å². The van der Waals surface area contributed by atoms with Crippen molar-refractivity contribution >= 4 is 25.2 Å². The van der Waals surface area contributed by atoms with E-state index in [1.165, 1.54) is 0 Å². The van der Waals surface area contributed by atoms with Gasteiger partial charge in [-0.3, -0.25) is 0 Å². The second-order valence-electron chi connectivity index (χ2n) is 9.18. The third-order valence-electron chi connectivity index (χ3n) is 6.42. The molecule has 0 amide bonds. The average Bonchev–Trinajstić information content (AvgIpc) is 3.58. The molecule has 0 atom stereocenters. The van der Waals surface area contributed by atoms with E-state index in [0.717, 1.165) is 22.3 Å². The van der Waals surface area contributed by atoms with Gasteiger partial charge in [-0.15, -0.1) is 0 Å². The molecule has 0 unspecified atom stereocenters. The summed E-state index contributed by atoms with van der Waals surface area (Å²) in [6.45, 7) is 2.09. The topological polar surface area (TPSA) is 95.8 Å². The molecule has 0 saturated heterocycles. The molecule has 0 aliphatic carbocycles. The van der Waals surface area contributed by atoms with Crippen LogP contribution in [0.4, 0.5) is 0 Å². The van der Waals surface area contributed by atoms with Crippen LogP contribution >= 0.6 is 0 Å². The standard InChI is InChI=1S/2C15H15BO4/c2*17-16-15-13(10-20-16)7-4-8-14(15)19-11-18-9-12-5-2-1-3-6-12/h2*1-8,17H,9-11H2. The summed E-state index contributed by atoms with van der Waals surface area (Å²) in [5.41, 5.74) is 5.51. The minimum absolute atomic E-state index is 0.137. The fourth-order valence-electron chi connectivity index (χ4n) is 4.42. The second kappa shape index (κ2) is 14.1. The van der Waals surface area contributed by atoms with Gasteiger partial charge in [-0.05, 0) is 34.4 Å². The SMILES string of the molecule is OB1OCc2cccc(OCOCc3ccccc3)c21.OB1OCc2cccc(OCOCc3ccccc3)c21. The van der Waals surface area contributed by atoms with E-state index in [9.17, 15) is 10.0 Å². The van der Waals surface area contributed by atoms with Crippen LogP contribution in [0.2, 0.25) is 0 Å². The molecule has 6 rings (SSSR count). The number of rotatable bonds is 10. The summed E-state index contributed by atoms with van der Waals surface area (Å²) in [6.07, 6.45) is 0. The Balaban J connectivity index is 0.000000161. The van der Waals surface area contributed by atoms with Crippen LogP contribution in [-0.2, 0) is 45.2 Å². The largest absolute Gasteiger partial charge is 0.495 e. The Morgan fingerprint density at radius 1 is 0.550 bits per heavy atom. The van der Waals surface area contributed by atoms with Gasteiger partial charge in [0.2, 0.25) is 0 Å². The predicted molar refractivity (Wildman–Crippen MR) is 151 cm³/mol. The molecule has 0 bridgehead atoms. The Morgan fingerprint density at radius 3 is 1.40 bits per heavy atom. The Labute approximate surface area is 234 Å². The average molecular weight is 540 g/mol. The summed E-state index contributed by atoms with van der Waals surface area (Å²) >= 11 is 0. The maximum Gasteiger partial charge on any atom is 0.495 e. The molecule has 2 heterocycles. The zero-order valence-electron chi connectivity index (χ0n) is 22.0. The van der Waals surface area contributed by atoms with Crippen molar-refractivity contribution in [1.82, 2.24) is 0 Å². The van der Waals surface area contributed by atoms with Gasteiger partial charge in [-0.1, -0.05) is 84.9 Å². The molecule has 2 N–H and O–H groups in total. The summed E-state index contributed by atoms with van der Waals surface area (Å²) < 4.78 is 32.5. The molecule has 204 valence electrons. The van der Waals surface area contributed by atoms with E-state index in [4.69, 9.17) is 28.3 Å². The lowest BCUT2D eigenvalue weighted by molar-refractivity contribution is 0.00538. The van der Waals surface area contributed by atoms with E-state index < -0.39 is 14.2 Å². The summed E-state index contributed by atoms with van der Waals surface area (Å²) in [7, 11) is -1.81. The van der Waals surface area contributed by atoms with Gasteiger partial charge in [-0.25, -0.2) is 0 Å². The van der Waals surface area contributed by atoms with E-state index >= 15 is 0 Å². The lowest BCUT2D eigenvalue weighted by Crippen LogP contribution is -2.30. The molecule has 4 aromatic carbocycles. The molecule has 40 heavy (non-hydrogen) atoms. The Bertz CT molecular complexity index is 1250. The molecule has 0 saturated carbocycles. The van der Waals surface area contributed by atoms with Gasteiger partial charge in [0, 0.05) is 10.9 Å². The van der Waals surface area contributed by atoms with Gasteiger partial charge < -0.3 is 38.3 Å². The third kappa shape index (κ3) is 7.31. The van der Waals surface area contributed by atoms with Crippen LogP contribution < -0.4 is 20.4 Å². The van der Waals surface area contributed by atoms with Crippen LogP contribution in [0.1, 0.15) is 22.3 Å². The monoisotopic (exact) mass is 540 g/mol. The van der Waals surface area contributed by atoms with Crippen LogP contribution in [-0.4, -0.2) is 37.9 Å². The molecule has 8 nitrogen and oxygen atoms in total. The van der Waals surface area contributed by atoms with Gasteiger partial charge >= 0.3 is 14.2 Å². The highest BCUT2D eigenvalue weighted by Gasteiger charge is 2.31. The highest BCUT2D eigenvalue weighted by Crippen LogP contribution is 2.19. The van der Waals surface area contributed by atoms with Crippen molar-refractivity contribution in [2.75, 3.05) is 13.6 Å². The quantitative estimate of drug-likeness (QED) is 0.180. The van der Waals surface area contributed by atoms with Crippen LogP contribution in [0.5, 0.6) is 11.5 Å². The third-order valence-corrected chi connectivity index (χ3v) is 6.42. The van der Waals surface area contributed by atoms with Crippen molar-refractivity contribution < 1.29 is 38.3 Å². The van der Waals surface area contributed by atoms with Crippen LogP contribution in [0.25, 0.3) is 0 Å². The van der Waals surface area contributed by atoms with Crippen LogP contribution in [0.3, 0.4) is 0 Å². The lowest BCUT2D eigenvalue weighted by atomic mass is 9.79. The molecule has 4 aromatic rings. The zero-order chi connectivity index (χ0) is 27.6. The maximum atomic E-state index is 9.75. The second-order valence-corrected chi connectivity index (χ2v) is 9.18. The zero-order valence-corrected chi connectivity index (χ0v) is 22.0. The van der Waals surface area contributed by atoms with Crippen molar-refractivity contribution in [3.63, 3.8) is 0 Å². The highest BCUT2D eigenvalue weighted by atomic mass is 16.7. The fourth-order valence-corrected chi connectivity index (χ4v) is 4.42. The molecule has 2 aliphatic heterocycles. The van der Waals surface area contributed by atoms with Crippen molar-refractivity contribution in [2.24, 2.45) is 0 Å². The molecule has 0 fully saturated rings. The number of fused-ring (bicyclic) bond motifs is 2. The summed E-state index contributed by atoms with van der Waals surface area (Å²) in [4.78, 5) is 0. The fraction of sp³-hybridized carbons (Fsp3) is 0.200. The number of benzene rings is 4. The van der Waals surface area contributed by atoms with Gasteiger partial charge in [0.1, 0.15) is 11.5 Å². The van der Waals surface area contributed by atoms with Gasteiger partial charge in [-0.2, -0.15) is 0 Å². The summed E-state index contributed by atoms with van der Waals surface area (Å²) in [6, 6.07) is 31.0. The first kappa shape index (κ1) is 27.9. The van der Waals surface area contributed by atoms with Gasteiger partial charge in [0.05, 0.1) is 26.4 Å². The maximum absolute atomic E-state index is 9.75. The van der Waals surface area contributed by atoms with Gasteiger partial charge in [0.15, 0.2) is 13.6 Å². The predicted octanol–water partition coefficient (Wildman–Crippen LogP) is 2.91. The van der Waals surface area contributed by atoms with Crippen LogP contribution in [0, 0.1) is 0 Å². The molecular weight excluding hydrogens is 510 g/mol. The van der Waals surface area contributed by atoms with E-state index in [1.54, 1.807) is 0 Å². The highest BCUT2D eigenvalue weighted by molar-refractivity contribution is 6.63. The van der Waals surface area contributed by atoms with Crippen molar-refractivity contribution in [3.05, 3.63) is 119 Å². The lowest BCUT2D eigenvalue weighted by Gasteiger charge is -2.11. The molecular formula is C30H30B2O8. The Morgan fingerprint density at radius 2 is 0.975 bits per heavy atom. The number of hydrogen-bond donors (Lipinski definition) is 2. The molecule has 2 aliphatic rings. The minimum atomic E-state index is -0.907. The van der Waals surface area contributed by atoms with E-state index in [-0.39, 0.29) is 13.6 Å². The van der Waals surface area contributed by atoms with E-state index in [2.05, 4.69) is 0 Å². The normalized spacial score (nSPS) is 13.3. The summed E-state index contributed by atoms with van der Waals surface area (Å²) in [5.74, 6) is 1.22. The van der Waals surface area contributed by atoms with Crippen molar-refractivity contribution in [3.8, 4) is 11.5 Å². The molecule has 0 aromatic heterocycles. The first-order valence-electron chi connectivity index (χ1n) is 13.0. The number of hydrogen-bond acceptors (Lipinski definition) is 8. The van der Waals surface area contributed by atoms with E-state index in [0.29, 0.717) is 48.9 Å². The number of ether oxygens (including phenoxy) is 4. The summed E-state index contributed by atoms with van der Waals surface area (Å²) in [5, 5.41) is 19.5. The first-order chi connectivity index (χ1) is 19.7.